The molecule has 0 aliphatic carbocycles. The largest absolute Gasteiger partial charge is 0.374 e. The maximum atomic E-state index is 5.54. The summed E-state index contributed by atoms with van der Waals surface area (Å²) < 4.78 is 5.54. The van der Waals surface area contributed by atoms with Gasteiger partial charge in [0.05, 0.1) is 5.60 Å². The standard InChI is InChI=1S/C13H24N2OS/c1-7-15-8-11(13(4,5)16-6)9-17-12(15)14-10(2)3/h8,10H,7,9H2,1-6H3. The Morgan fingerprint density at radius 2 is 2.18 bits per heavy atom. The molecule has 98 valence electrons. The van der Waals surface area contributed by atoms with Gasteiger partial charge in [-0.05, 0) is 40.2 Å². The molecular formula is C13H24N2OS. The first-order valence-electron chi connectivity index (χ1n) is 6.14. The van der Waals surface area contributed by atoms with Gasteiger partial charge < -0.3 is 9.64 Å². The van der Waals surface area contributed by atoms with E-state index in [0.717, 1.165) is 17.5 Å². The Kier molecular flexibility index (Phi) is 5.07. The third-order valence-electron chi connectivity index (χ3n) is 2.91. The zero-order valence-corrected chi connectivity index (χ0v) is 12.6. The molecule has 17 heavy (non-hydrogen) atoms. The van der Waals surface area contributed by atoms with Crippen molar-refractivity contribution in [2.75, 3.05) is 19.4 Å². The van der Waals surface area contributed by atoms with Crippen LogP contribution in [0, 0.1) is 0 Å². The predicted octanol–water partition coefficient (Wildman–Crippen LogP) is 3.13. The minimum atomic E-state index is -0.191. The van der Waals surface area contributed by atoms with E-state index >= 15 is 0 Å². The highest BCUT2D eigenvalue weighted by molar-refractivity contribution is 8.14. The van der Waals surface area contributed by atoms with Gasteiger partial charge in [-0.1, -0.05) is 11.8 Å². The van der Waals surface area contributed by atoms with E-state index in [2.05, 4.69) is 50.7 Å². The van der Waals surface area contributed by atoms with Crippen LogP contribution in [0.5, 0.6) is 0 Å². The number of aliphatic imine (C=N–C) groups is 1. The molecule has 0 N–H and O–H groups in total. The second-order valence-corrected chi connectivity index (χ2v) is 5.89. The van der Waals surface area contributed by atoms with E-state index in [-0.39, 0.29) is 5.60 Å². The quantitative estimate of drug-likeness (QED) is 0.772. The van der Waals surface area contributed by atoms with Gasteiger partial charge in [-0.15, -0.1) is 0 Å². The molecule has 0 spiro atoms. The molecule has 0 saturated heterocycles. The highest BCUT2D eigenvalue weighted by Crippen LogP contribution is 2.30. The number of hydrogen-bond donors (Lipinski definition) is 0. The Hall–Kier alpha value is -0.480. The topological polar surface area (TPSA) is 24.8 Å². The SMILES string of the molecule is CCN1C=C(C(C)(C)OC)CSC1=NC(C)C. The fourth-order valence-corrected chi connectivity index (χ4v) is 2.86. The van der Waals surface area contributed by atoms with E-state index in [0.29, 0.717) is 6.04 Å². The minimum absolute atomic E-state index is 0.191. The predicted molar refractivity (Wildman–Crippen MR) is 76.6 cm³/mol. The molecule has 1 aliphatic rings. The molecule has 3 nitrogen and oxygen atoms in total. The fraction of sp³-hybridized carbons (Fsp3) is 0.769. The van der Waals surface area contributed by atoms with E-state index in [1.165, 1.54) is 5.57 Å². The molecule has 0 saturated carbocycles. The van der Waals surface area contributed by atoms with Crippen LogP contribution in [0.2, 0.25) is 0 Å². The average Bonchev–Trinajstić information content (AvgIpc) is 2.28. The summed E-state index contributed by atoms with van der Waals surface area (Å²) >= 11 is 1.80. The zero-order chi connectivity index (χ0) is 13.1. The van der Waals surface area contributed by atoms with Crippen LogP contribution in [0.1, 0.15) is 34.6 Å². The highest BCUT2D eigenvalue weighted by atomic mass is 32.2. The summed E-state index contributed by atoms with van der Waals surface area (Å²) in [5, 5.41) is 1.12. The molecule has 0 aromatic rings. The molecule has 0 aromatic heterocycles. The molecule has 0 unspecified atom stereocenters. The number of rotatable bonds is 4. The van der Waals surface area contributed by atoms with Gasteiger partial charge >= 0.3 is 0 Å². The van der Waals surface area contributed by atoms with Crippen LogP contribution < -0.4 is 0 Å². The fourth-order valence-electron chi connectivity index (χ4n) is 1.53. The minimum Gasteiger partial charge on any atom is -0.374 e. The average molecular weight is 256 g/mol. The van der Waals surface area contributed by atoms with E-state index in [9.17, 15) is 0 Å². The van der Waals surface area contributed by atoms with Gasteiger partial charge in [0.2, 0.25) is 0 Å². The molecule has 0 fully saturated rings. The first-order valence-corrected chi connectivity index (χ1v) is 7.12. The summed E-state index contributed by atoms with van der Waals surface area (Å²) in [5.41, 5.74) is 1.12. The number of methoxy groups -OCH3 is 1. The second kappa shape index (κ2) is 5.91. The first-order chi connectivity index (χ1) is 7.90. The highest BCUT2D eigenvalue weighted by Gasteiger charge is 2.28. The summed E-state index contributed by atoms with van der Waals surface area (Å²) in [6.07, 6.45) is 2.20. The van der Waals surface area contributed by atoms with Gasteiger partial charge in [0.15, 0.2) is 5.17 Å². The normalized spacial score (nSPS) is 20.1. The van der Waals surface area contributed by atoms with Gasteiger partial charge in [0.25, 0.3) is 0 Å². The molecule has 4 heteroatoms. The van der Waals surface area contributed by atoms with Gasteiger partial charge in [-0.2, -0.15) is 0 Å². The monoisotopic (exact) mass is 256 g/mol. The molecule has 1 rings (SSSR count). The summed E-state index contributed by atoms with van der Waals surface area (Å²) in [4.78, 5) is 6.86. The molecule has 0 aromatic carbocycles. The van der Waals surface area contributed by atoms with Crippen LogP contribution in [0.3, 0.4) is 0 Å². The van der Waals surface area contributed by atoms with E-state index in [1.54, 1.807) is 18.9 Å². The van der Waals surface area contributed by atoms with E-state index in [4.69, 9.17) is 4.74 Å². The number of thioether (sulfide) groups is 1. The molecule has 0 amide bonds. The van der Waals surface area contributed by atoms with Crippen LogP contribution in [-0.2, 0) is 4.74 Å². The van der Waals surface area contributed by atoms with Crippen molar-refractivity contribution in [1.29, 1.82) is 0 Å². The van der Waals surface area contributed by atoms with Crippen LogP contribution in [0.25, 0.3) is 0 Å². The second-order valence-electron chi connectivity index (χ2n) is 4.95. The van der Waals surface area contributed by atoms with Crippen LogP contribution in [-0.4, -0.2) is 41.1 Å². The lowest BCUT2D eigenvalue weighted by molar-refractivity contribution is 0.0544. The van der Waals surface area contributed by atoms with E-state index < -0.39 is 0 Å². The summed E-state index contributed by atoms with van der Waals surface area (Å²) in [5.74, 6) is 0.961. The summed E-state index contributed by atoms with van der Waals surface area (Å²) in [6, 6.07) is 0.344. The Bertz CT molecular complexity index is 321. The lowest BCUT2D eigenvalue weighted by atomic mass is 10.0. The Balaban J connectivity index is 2.93. The number of amidine groups is 1. The van der Waals surface area contributed by atoms with Crippen LogP contribution in [0.15, 0.2) is 16.8 Å². The maximum absolute atomic E-state index is 5.54. The van der Waals surface area contributed by atoms with Crippen molar-refractivity contribution in [3.63, 3.8) is 0 Å². The van der Waals surface area contributed by atoms with Crippen LogP contribution in [0.4, 0.5) is 0 Å². The van der Waals surface area contributed by atoms with Gasteiger partial charge in [-0.3, -0.25) is 4.99 Å². The number of ether oxygens (including phenoxy) is 1. The maximum Gasteiger partial charge on any atom is 0.163 e. The smallest absolute Gasteiger partial charge is 0.163 e. The van der Waals surface area contributed by atoms with Crippen molar-refractivity contribution in [2.24, 2.45) is 4.99 Å². The van der Waals surface area contributed by atoms with E-state index in [1.807, 2.05) is 0 Å². The Labute approximate surface area is 109 Å². The summed E-state index contributed by atoms with van der Waals surface area (Å²) in [6.45, 7) is 11.5. The molecule has 0 atom stereocenters. The number of nitrogens with zero attached hydrogens (tertiary/aromatic N) is 2. The lowest BCUT2D eigenvalue weighted by Gasteiger charge is -2.34. The van der Waals surface area contributed by atoms with Gasteiger partial charge in [0, 0.05) is 31.6 Å². The molecular weight excluding hydrogens is 232 g/mol. The lowest BCUT2D eigenvalue weighted by Crippen LogP contribution is -2.35. The van der Waals surface area contributed by atoms with Gasteiger partial charge in [0.1, 0.15) is 0 Å². The molecule has 1 aliphatic heterocycles. The summed E-state index contributed by atoms with van der Waals surface area (Å²) in [7, 11) is 1.76. The van der Waals surface area contributed by atoms with Crippen molar-refractivity contribution in [3.8, 4) is 0 Å². The first kappa shape index (κ1) is 14.6. The van der Waals surface area contributed by atoms with Gasteiger partial charge in [-0.25, -0.2) is 0 Å². The van der Waals surface area contributed by atoms with Crippen molar-refractivity contribution in [3.05, 3.63) is 11.8 Å². The van der Waals surface area contributed by atoms with Crippen molar-refractivity contribution in [2.45, 2.75) is 46.3 Å². The van der Waals surface area contributed by atoms with Crippen molar-refractivity contribution in [1.82, 2.24) is 4.90 Å². The number of hydrogen-bond acceptors (Lipinski definition) is 3. The Morgan fingerprint density at radius 3 is 2.65 bits per heavy atom. The Morgan fingerprint density at radius 1 is 1.53 bits per heavy atom. The van der Waals surface area contributed by atoms with Crippen LogP contribution >= 0.6 is 11.8 Å². The molecule has 1 heterocycles. The zero-order valence-electron chi connectivity index (χ0n) is 11.8. The van der Waals surface area contributed by atoms with Crippen molar-refractivity contribution < 1.29 is 4.74 Å². The third kappa shape index (κ3) is 3.75. The third-order valence-corrected chi connectivity index (χ3v) is 3.96. The molecule has 0 bridgehead atoms. The molecule has 0 radical (unpaired) electrons. The van der Waals surface area contributed by atoms with Crippen molar-refractivity contribution >= 4 is 16.9 Å².